The summed E-state index contributed by atoms with van der Waals surface area (Å²) < 4.78 is 29.6. The van der Waals surface area contributed by atoms with Crippen molar-refractivity contribution in [1.82, 2.24) is 19.8 Å². The molecule has 32 heavy (non-hydrogen) atoms. The first-order valence-corrected chi connectivity index (χ1v) is 11.1. The van der Waals surface area contributed by atoms with Crippen LogP contribution in [0.15, 0.2) is 48.0 Å². The smallest absolute Gasteiger partial charge is 0.246 e. The van der Waals surface area contributed by atoms with Crippen molar-refractivity contribution in [2.24, 2.45) is 28.8 Å². The minimum atomic E-state index is -0.413. The van der Waals surface area contributed by atoms with Gasteiger partial charge in [0.1, 0.15) is 11.6 Å². The monoisotopic (exact) mass is 435 g/mol. The third-order valence-corrected chi connectivity index (χ3v) is 7.53. The van der Waals surface area contributed by atoms with Crippen LogP contribution in [0.2, 0.25) is 0 Å². The lowest BCUT2D eigenvalue weighted by Crippen LogP contribution is -2.49. The van der Waals surface area contributed by atoms with Gasteiger partial charge >= 0.3 is 0 Å². The van der Waals surface area contributed by atoms with E-state index in [-0.39, 0.29) is 23.7 Å². The van der Waals surface area contributed by atoms with E-state index in [1.807, 2.05) is 10.7 Å². The predicted octanol–water partition coefficient (Wildman–Crippen LogP) is 4.33. The summed E-state index contributed by atoms with van der Waals surface area (Å²) in [5, 5.41) is 10.8. The summed E-state index contributed by atoms with van der Waals surface area (Å²) in [4.78, 5) is 17.5. The van der Waals surface area contributed by atoms with Crippen LogP contribution in [0, 0.1) is 35.3 Å². The highest BCUT2D eigenvalue weighted by Gasteiger charge is 2.50. The zero-order valence-corrected chi connectivity index (χ0v) is 17.4. The predicted molar refractivity (Wildman–Crippen MR) is 114 cm³/mol. The van der Waals surface area contributed by atoms with Crippen LogP contribution in [-0.4, -0.2) is 31.9 Å². The molecule has 2 aromatic heterocycles. The van der Waals surface area contributed by atoms with E-state index in [0.29, 0.717) is 41.7 Å². The zero-order chi connectivity index (χ0) is 21.8. The van der Waals surface area contributed by atoms with Crippen LogP contribution in [0.1, 0.15) is 37.3 Å². The third-order valence-electron chi connectivity index (χ3n) is 7.53. The number of halogens is 2. The van der Waals surface area contributed by atoms with Gasteiger partial charge in [0.05, 0.1) is 29.3 Å². The van der Waals surface area contributed by atoms with E-state index >= 15 is 0 Å². The maximum Gasteiger partial charge on any atom is 0.246 e. The van der Waals surface area contributed by atoms with Crippen molar-refractivity contribution in [3.63, 3.8) is 0 Å². The fourth-order valence-electron chi connectivity index (χ4n) is 5.78. The van der Waals surface area contributed by atoms with Crippen molar-refractivity contribution in [2.45, 2.75) is 38.3 Å². The van der Waals surface area contributed by atoms with Crippen LogP contribution in [-0.2, 0) is 11.3 Å². The first-order valence-electron chi connectivity index (χ1n) is 11.1. The molecule has 3 aromatic rings. The molecule has 3 unspecified atom stereocenters. The van der Waals surface area contributed by atoms with Gasteiger partial charge in [-0.25, -0.2) is 13.8 Å². The number of nitrogens with zero attached hydrogens (tertiary/aromatic N) is 5. The molecule has 3 saturated carbocycles. The van der Waals surface area contributed by atoms with Crippen LogP contribution in [0.5, 0.6) is 0 Å². The van der Waals surface area contributed by atoms with Gasteiger partial charge in [0.15, 0.2) is 0 Å². The molecule has 3 heterocycles. The number of carbonyl (C=O) groups excluding carboxylic acids is 1. The van der Waals surface area contributed by atoms with E-state index in [9.17, 15) is 13.6 Å². The molecule has 3 aliphatic carbocycles. The summed E-state index contributed by atoms with van der Waals surface area (Å²) in [5.41, 5.74) is 1.46. The Balaban J connectivity index is 1.21. The van der Waals surface area contributed by atoms with E-state index in [0.717, 1.165) is 31.0 Å². The topological polar surface area (TPSA) is 63.4 Å². The van der Waals surface area contributed by atoms with Crippen molar-refractivity contribution >= 4 is 23.0 Å². The number of aromatic nitrogens is 3. The van der Waals surface area contributed by atoms with Gasteiger partial charge in [0.2, 0.25) is 5.91 Å². The molecule has 2 bridgehead atoms. The molecule has 0 spiro atoms. The Morgan fingerprint density at radius 2 is 1.97 bits per heavy atom. The van der Waals surface area contributed by atoms with Crippen molar-refractivity contribution < 1.29 is 13.6 Å². The number of benzene rings is 1. The van der Waals surface area contributed by atoms with Crippen LogP contribution in [0.25, 0.3) is 10.9 Å². The first kappa shape index (κ1) is 19.5. The van der Waals surface area contributed by atoms with E-state index in [1.165, 1.54) is 17.1 Å². The number of amides is 1. The summed E-state index contributed by atoms with van der Waals surface area (Å²) in [7, 11) is 0. The van der Waals surface area contributed by atoms with E-state index in [1.54, 1.807) is 24.7 Å². The normalized spacial score (nSPS) is 28.8. The van der Waals surface area contributed by atoms with Gasteiger partial charge < -0.3 is 0 Å². The summed E-state index contributed by atoms with van der Waals surface area (Å²) in [6.07, 6.45) is 9.45. The van der Waals surface area contributed by atoms with Crippen LogP contribution >= 0.6 is 0 Å². The lowest BCUT2D eigenvalue weighted by molar-refractivity contribution is -0.147. The molecule has 4 aliphatic rings. The van der Waals surface area contributed by atoms with Gasteiger partial charge in [0, 0.05) is 31.3 Å². The highest BCUT2D eigenvalue weighted by Crippen LogP contribution is 2.53. The number of hydrogen-bond donors (Lipinski definition) is 0. The fraction of sp³-hybridized carbons (Fsp3) is 0.417. The highest BCUT2D eigenvalue weighted by molar-refractivity contribution is 5.82. The van der Waals surface area contributed by atoms with Gasteiger partial charge in [-0.15, -0.1) is 0 Å². The van der Waals surface area contributed by atoms with Crippen molar-refractivity contribution in [2.75, 3.05) is 0 Å². The Kier molecular flexibility index (Phi) is 4.55. The van der Waals surface area contributed by atoms with Gasteiger partial charge in [-0.05, 0) is 60.8 Å². The van der Waals surface area contributed by atoms with Crippen LogP contribution < -0.4 is 0 Å². The van der Waals surface area contributed by atoms with E-state index in [2.05, 4.69) is 15.2 Å². The molecule has 0 radical (unpaired) electrons. The standard InChI is InChI=1S/C24H23F2N5O/c25-18-8-16(10-27-11-18)22-4-5-28-31(22)24(32)19-9-17(14-6-15(19)7-14)13-30-23-3-1-2-21(26)20(23)12-29-30/h1-3,5,8,10-12,14-15,17,19,22H,4,6-7,9,13H2. The number of carbonyl (C=O) groups is 1. The molecular formula is C24H23F2N5O. The van der Waals surface area contributed by atoms with Crippen molar-refractivity contribution in [1.29, 1.82) is 0 Å². The quantitative estimate of drug-likeness (QED) is 0.613. The molecule has 8 heteroatoms. The molecule has 164 valence electrons. The molecule has 6 nitrogen and oxygen atoms in total. The molecule has 1 aromatic carbocycles. The average Bonchev–Trinajstić information content (AvgIpc) is 3.41. The third kappa shape index (κ3) is 3.12. The number of rotatable bonds is 4. The second-order valence-corrected chi connectivity index (χ2v) is 9.26. The molecule has 3 fully saturated rings. The molecule has 0 saturated heterocycles. The largest absolute Gasteiger partial charge is 0.273 e. The second kappa shape index (κ2) is 7.46. The Hall–Kier alpha value is -3.16. The SMILES string of the molecule is O=C(C1CC(Cn2ncc3c(F)cccc32)C2CC1C2)N1N=CCC1c1cncc(F)c1. The van der Waals surface area contributed by atoms with Crippen LogP contribution in [0.4, 0.5) is 8.78 Å². The first-order chi connectivity index (χ1) is 15.6. The van der Waals surface area contributed by atoms with Gasteiger partial charge in [-0.2, -0.15) is 10.2 Å². The highest BCUT2D eigenvalue weighted by atomic mass is 19.1. The minimum absolute atomic E-state index is 0.0116. The lowest BCUT2D eigenvalue weighted by Gasteiger charge is -2.51. The summed E-state index contributed by atoms with van der Waals surface area (Å²) in [6.45, 7) is 0.675. The summed E-state index contributed by atoms with van der Waals surface area (Å²) in [6, 6.07) is 6.16. The van der Waals surface area contributed by atoms with E-state index in [4.69, 9.17) is 0 Å². The molecule has 1 amide bonds. The number of pyridine rings is 1. The maximum atomic E-state index is 14.1. The van der Waals surface area contributed by atoms with Gasteiger partial charge in [-0.1, -0.05) is 6.07 Å². The maximum absolute atomic E-state index is 14.1. The Labute approximate surface area is 183 Å². The Morgan fingerprint density at radius 1 is 1.09 bits per heavy atom. The fourth-order valence-corrected chi connectivity index (χ4v) is 5.78. The zero-order valence-electron chi connectivity index (χ0n) is 17.4. The Morgan fingerprint density at radius 3 is 2.81 bits per heavy atom. The lowest BCUT2D eigenvalue weighted by atomic mass is 9.55. The molecule has 3 atom stereocenters. The van der Waals surface area contributed by atoms with Crippen LogP contribution in [0.3, 0.4) is 0 Å². The van der Waals surface area contributed by atoms with E-state index < -0.39 is 5.82 Å². The summed E-state index contributed by atoms with van der Waals surface area (Å²) in [5.74, 6) is 0.476. The summed E-state index contributed by atoms with van der Waals surface area (Å²) >= 11 is 0. The number of fused-ring (bicyclic) bond motifs is 3. The second-order valence-electron chi connectivity index (χ2n) is 9.26. The van der Waals surface area contributed by atoms with Crippen molar-refractivity contribution in [3.8, 4) is 0 Å². The molecule has 0 N–H and O–H groups in total. The molecule has 1 aliphatic heterocycles. The average molecular weight is 435 g/mol. The number of hydrogen-bond acceptors (Lipinski definition) is 4. The van der Waals surface area contributed by atoms with Gasteiger partial charge in [-0.3, -0.25) is 14.5 Å². The molecule has 7 rings (SSSR count). The van der Waals surface area contributed by atoms with Crippen molar-refractivity contribution in [3.05, 3.63) is 60.1 Å². The van der Waals surface area contributed by atoms with Gasteiger partial charge in [0.25, 0.3) is 0 Å². The number of hydrazone groups is 1. The molecular weight excluding hydrogens is 412 g/mol. The minimum Gasteiger partial charge on any atom is -0.273 e. The Bertz CT molecular complexity index is 1220.